The number of nitrogens with one attached hydrogen (secondary N) is 1. The lowest BCUT2D eigenvalue weighted by molar-refractivity contribution is -0.00882. The summed E-state index contributed by atoms with van der Waals surface area (Å²) in [6.45, 7) is 6.04. The first-order valence-corrected chi connectivity index (χ1v) is 8.16. The molecule has 0 bridgehead atoms. The molecule has 2 nitrogen and oxygen atoms in total. The van der Waals surface area contributed by atoms with Crippen molar-refractivity contribution in [1.29, 1.82) is 0 Å². The first-order valence-electron chi connectivity index (χ1n) is 8.16. The maximum Gasteiger partial charge on any atom is 0.0771 e. The van der Waals surface area contributed by atoms with Gasteiger partial charge in [-0.15, -0.1) is 0 Å². The molecular formula is C18H29NO. The summed E-state index contributed by atoms with van der Waals surface area (Å²) in [5.41, 5.74) is 2.29. The summed E-state index contributed by atoms with van der Waals surface area (Å²) in [7, 11) is 0. The van der Waals surface area contributed by atoms with Crippen molar-refractivity contribution in [2.45, 2.75) is 64.5 Å². The molecule has 1 saturated carbocycles. The van der Waals surface area contributed by atoms with E-state index in [2.05, 4.69) is 43.4 Å². The highest BCUT2D eigenvalue weighted by atomic mass is 16.3. The highest BCUT2D eigenvalue weighted by Gasteiger charge is 2.32. The van der Waals surface area contributed by atoms with Crippen LogP contribution < -0.4 is 5.32 Å². The van der Waals surface area contributed by atoms with Crippen molar-refractivity contribution >= 4 is 0 Å². The summed E-state index contributed by atoms with van der Waals surface area (Å²) < 4.78 is 0. The van der Waals surface area contributed by atoms with Crippen molar-refractivity contribution in [3.05, 3.63) is 35.4 Å². The molecule has 1 aliphatic rings. The van der Waals surface area contributed by atoms with E-state index in [4.69, 9.17) is 0 Å². The second-order valence-electron chi connectivity index (χ2n) is 6.30. The summed E-state index contributed by atoms with van der Waals surface area (Å²) in [6, 6.07) is 8.57. The van der Waals surface area contributed by atoms with Crippen LogP contribution in [0.15, 0.2) is 24.3 Å². The predicted molar refractivity (Wildman–Crippen MR) is 84.7 cm³/mol. The van der Waals surface area contributed by atoms with Crippen LogP contribution in [0.2, 0.25) is 0 Å². The van der Waals surface area contributed by atoms with Crippen molar-refractivity contribution in [3.8, 4) is 0 Å². The number of aryl methyl sites for hydroxylation is 1. The van der Waals surface area contributed by atoms with E-state index in [1.165, 1.54) is 30.4 Å². The fourth-order valence-corrected chi connectivity index (χ4v) is 3.30. The highest BCUT2D eigenvalue weighted by Crippen LogP contribution is 2.33. The minimum absolute atomic E-state index is 0.479. The highest BCUT2D eigenvalue weighted by molar-refractivity contribution is 5.26. The summed E-state index contributed by atoms with van der Waals surface area (Å²) in [4.78, 5) is 0. The van der Waals surface area contributed by atoms with Crippen molar-refractivity contribution in [3.63, 3.8) is 0 Å². The lowest BCUT2D eigenvalue weighted by atomic mass is 9.78. The van der Waals surface area contributed by atoms with E-state index in [1.807, 2.05) is 0 Å². The van der Waals surface area contributed by atoms with Gasteiger partial charge in [0, 0.05) is 13.1 Å². The molecule has 0 amide bonds. The topological polar surface area (TPSA) is 32.3 Å². The van der Waals surface area contributed by atoms with Gasteiger partial charge in [0.15, 0.2) is 0 Å². The number of benzene rings is 1. The standard InChI is InChI=1S/C18H29NO/c1-3-15-9-11-18(20,12-10-15)14-19-13-17-8-6-5-7-16(17)4-2/h5-8,15,19-20H,3-4,9-14H2,1-2H3. The third kappa shape index (κ3) is 4.07. The van der Waals surface area contributed by atoms with E-state index >= 15 is 0 Å². The number of hydrogen-bond acceptors (Lipinski definition) is 2. The second kappa shape index (κ2) is 7.24. The zero-order chi connectivity index (χ0) is 14.4. The molecule has 2 N–H and O–H groups in total. The van der Waals surface area contributed by atoms with Crippen LogP contribution in [-0.4, -0.2) is 17.3 Å². The van der Waals surface area contributed by atoms with Gasteiger partial charge in [-0.1, -0.05) is 44.5 Å². The zero-order valence-corrected chi connectivity index (χ0v) is 13.0. The molecule has 0 atom stereocenters. The summed E-state index contributed by atoms with van der Waals surface area (Å²) in [5.74, 6) is 0.830. The van der Waals surface area contributed by atoms with Gasteiger partial charge < -0.3 is 10.4 Å². The monoisotopic (exact) mass is 275 g/mol. The van der Waals surface area contributed by atoms with Crippen LogP contribution in [0.4, 0.5) is 0 Å². The van der Waals surface area contributed by atoms with Crippen LogP contribution in [0.1, 0.15) is 57.1 Å². The average Bonchev–Trinajstić information content (AvgIpc) is 2.48. The van der Waals surface area contributed by atoms with Crippen molar-refractivity contribution < 1.29 is 5.11 Å². The van der Waals surface area contributed by atoms with E-state index in [0.29, 0.717) is 0 Å². The Balaban J connectivity index is 1.81. The molecule has 20 heavy (non-hydrogen) atoms. The Bertz CT molecular complexity index is 408. The van der Waals surface area contributed by atoms with Crippen LogP contribution in [0.25, 0.3) is 0 Å². The number of hydrogen-bond donors (Lipinski definition) is 2. The van der Waals surface area contributed by atoms with Gasteiger partial charge in [0.05, 0.1) is 5.60 Å². The molecular weight excluding hydrogens is 246 g/mol. The van der Waals surface area contributed by atoms with Crippen molar-refractivity contribution in [2.75, 3.05) is 6.54 Å². The largest absolute Gasteiger partial charge is 0.389 e. The summed E-state index contributed by atoms with van der Waals surface area (Å²) in [5, 5.41) is 14.1. The molecule has 0 unspecified atom stereocenters. The minimum atomic E-state index is -0.479. The number of aliphatic hydroxyl groups is 1. The molecule has 2 heteroatoms. The first kappa shape index (κ1) is 15.5. The van der Waals surface area contributed by atoms with E-state index in [0.717, 1.165) is 38.3 Å². The van der Waals surface area contributed by atoms with Crippen LogP contribution in [0, 0.1) is 5.92 Å². The molecule has 1 aromatic rings. The molecule has 0 saturated heterocycles. The molecule has 1 aliphatic carbocycles. The maximum absolute atomic E-state index is 10.6. The first-order chi connectivity index (χ1) is 9.67. The molecule has 2 rings (SSSR count). The SMILES string of the molecule is CCc1ccccc1CNCC1(O)CCC(CC)CC1. The molecule has 0 aromatic heterocycles. The molecule has 112 valence electrons. The van der Waals surface area contributed by atoms with Gasteiger partial charge in [0.1, 0.15) is 0 Å². The normalized spacial score (nSPS) is 26.6. The van der Waals surface area contributed by atoms with Crippen LogP contribution in [0.3, 0.4) is 0 Å². The van der Waals surface area contributed by atoms with E-state index in [9.17, 15) is 5.11 Å². The van der Waals surface area contributed by atoms with E-state index in [-0.39, 0.29) is 0 Å². The molecule has 1 aromatic carbocycles. The molecule has 0 radical (unpaired) electrons. The Hall–Kier alpha value is -0.860. The third-order valence-corrected chi connectivity index (χ3v) is 4.88. The van der Waals surface area contributed by atoms with Gasteiger partial charge in [0.25, 0.3) is 0 Å². The van der Waals surface area contributed by atoms with E-state index < -0.39 is 5.60 Å². The van der Waals surface area contributed by atoms with Crippen molar-refractivity contribution in [2.24, 2.45) is 5.92 Å². The van der Waals surface area contributed by atoms with Gasteiger partial charge in [-0.2, -0.15) is 0 Å². The Morgan fingerprint density at radius 1 is 1.15 bits per heavy atom. The molecule has 0 heterocycles. The molecule has 1 fully saturated rings. The Kier molecular flexibility index (Phi) is 5.62. The fraction of sp³-hybridized carbons (Fsp3) is 0.667. The Morgan fingerprint density at radius 3 is 2.40 bits per heavy atom. The average molecular weight is 275 g/mol. The summed E-state index contributed by atoms with van der Waals surface area (Å²) in [6.07, 6.45) is 6.59. The van der Waals surface area contributed by atoms with Crippen LogP contribution in [-0.2, 0) is 13.0 Å². The van der Waals surface area contributed by atoms with Gasteiger partial charge in [-0.25, -0.2) is 0 Å². The predicted octanol–water partition coefficient (Wildman–Crippen LogP) is 3.67. The van der Waals surface area contributed by atoms with E-state index in [1.54, 1.807) is 0 Å². The molecule has 0 aliphatic heterocycles. The molecule has 0 spiro atoms. The van der Waals surface area contributed by atoms with Gasteiger partial charge >= 0.3 is 0 Å². The fourth-order valence-electron chi connectivity index (χ4n) is 3.30. The lowest BCUT2D eigenvalue weighted by Crippen LogP contribution is -2.43. The van der Waals surface area contributed by atoms with Gasteiger partial charge in [-0.3, -0.25) is 0 Å². The van der Waals surface area contributed by atoms with Crippen LogP contribution in [0.5, 0.6) is 0 Å². The minimum Gasteiger partial charge on any atom is -0.389 e. The Morgan fingerprint density at radius 2 is 1.80 bits per heavy atom. The number of rotatable bonds is 6. The van der Waals surface area contributed by atoms with Gasteiger partial charge in [0.2, 0.25) is 0 Å². The van der Waals surface area contributed by atoms with Gasteiger partial charge in [-0.05, 0) is 49.1 Å². The lowest BCUT2D eigenvalue weighted by Gasteiger charge is -2.36. The quantitative estimate of drug-likeness (QED) is 0.830. The maximum atomic E-state index is 10.6. The summed E-state index contributed by atoms with van der Waals surface area (Å²) >= 11 is 0. The Labute approximate surface area is 123 Å². The third-order valence-electron chi connectivity index (χ3n) is 4.88. The zero-order valence-electron chi connectivity index (χ0n) is 13.0. The van der Waals surface area contributed by atoms with Crippen LogP contribution >= 0.6 is 0 Å². The smallest absolute Gasteiger partial charge is 0.0771 e. The second-order valence-corrected chi connectivity index (χ2v) is 6.30. The van der Waals surface area contributed by atoms with Crippen molar-refractivity contribution in [1.82, 2.24) is 5.32 Å².